The molecule has 0 aliphatic rings. The smallest absolute Gasteiger partial charge is 0.336 e. The van der Waals surface area contributed by atoms with Gasteiger partial charge in [-0.3, -0.25) is 10.1 Å². The fourth-order valence-electron chi connectivity index (χ4n) is 2.79. The maximum Gasteiger partial charge on any atom is 0.336 e. The highest BCUT2D eigenvalue weighted by Gasteiger charge is 2.12. The van der Waals surface area contributed by atoms with E-state index in [9.17, 15) is 19.7 Å². The van der Waals surface area contributed by atoms with Crippen LogP contribution in [0, 0.1) is 24.0 Å². The summed E-state index contributed by atoms with van der Waals surface area (Å²) < 4.78 is 10.5. The minimum absolute atomic E-state index is 0.107. The van der Waals surface area contributed by atoms with Gasteiger partial charge in [0.1, 0.15) is 12.2 Å². The molecule has 0 atom stereocenters. The number of benzene rings is 2. The number of carbonyl (C=O) groups is 1. The van der Waals surface area contributed by atoms with Crippen molar-refractivity contribution in [3.8, 4) is 0 Å². The van der Waals surface area contributed by atoms with Crippen LogP contribution in [0.5, 0.6) is 0 Å². The van der Waals surface area contributed by atoms with Gasteiger partial charge in [0.15, 0.2) is 0 Å². The summed E-state index contributed by atoms with van der Waals surface area (Å²) in [5.41, 5.74) is 2.49. The fraction of sp³-hybridized carbons (Fsp3) is 0.143. The minimum Gasteiger partial charge on any atom is -0.458 e. The van der Waals surface area contributed by atoms with Gasteiger partial charge in [-0.25, -0.2) is 9.59 Å². The molecule has 0 saturated heterocycles. The summed E-state index contributed by atoms with van der Waals surface area (Å²) in [5.74, 6) is -0.677. The molecule has 0 spiro atoms. The topological polar surface area (TPSA) is 99.6 Å². The summed E-state index contributed by atoms with van der Waals surface area (Å²) >= 11 is 0. The largest absolute Gasteiger partial charge is 0.458 e. The number of nitro benzene ring substituents is 1. The molecule has 0 aliphatic heterocycles. The fourth-order valence-corrected chi connectivity index (χ4v) is 2.79. The van der Waals surface area contributed by atoms with E-state index in [0.717, 1.165) is 17.2 Å². The second-order valence-electron chi connectivity index (χ2n) is 6.23. The van der Waals surface area contributed by atoms with E-state index < -0.39 is 16.5 Å². The van der Waals surface area contributed by atoms with Crippen LogP contribution in [0.1, 0.15) is 22.3 Å². The zero-order valence-corrected chi connectivity index (χ0v) is 15.3. The Hall–Kier alpha value is -3.74. The van der Waals surface area contributed by atoms with E-state index in [4.69, 9.17) is 9.15 Å². The summed E-state index contributed by atoms with van der Waals surface area (Å²) in [6.45, 7) is 3.64. The number of ether oxygens (including phenoxy) is 1. The van der Waals surface area contributed by atoms with E-state index in [1.54, 1.807) is 12.1 Å². The van der Waals surface area contributed by atoms with Crippen LogP contribution in [0.3, 0.4) is 0 Å². The highest BCUT2D eigenvalue weighted by atomic mass is 16.6. The predicted octanol–water partition coefficient (Wildman–Crippen LogP) is 4.07. The quantitative estimate of drug-likeness (QED) is 0.218. The van der Waals surface area contributed by atoms with E-state index in [-0.39, 0.29) is 12.3 Å². The molecule has 142 valence electrons. The van der Waals surface area contributed by atoms with Crippen molar-refractivity contribution >= 4 is 28.7 Å². The molecule has 7 nitrogen and oxygen atoms in total. The molecule has 0 fully saturated rings. The molecule has 0 bridgehead atoms. The van der Waals surface area contributed by atoms with E-state index in [1.807, 2.05) is 26.0 Å². The molecular formula is C21H17NO6. The van der Waals surface area contributed by atoms with Crippen molar-refractivity contribution in [3.05, 3.63) is 91.3 Å². The standard InChI is InChI=1S/C21H17NO6/c1-13-7-9-17-16(11-20(24)28-21(17)14(13)2)12-27-19(23)10-8-15-5-3-4-6-18(15)22(25)26/h3-11H,12H2,1-2H3. The highest BCUT2D eigenvalue weighted by molar-refractivity contribution is 5.88. The first-order chi connectivity index (χ1) is 13.4. The average Bonchev–Trinajstić information content (AvgIpc) is 2.67. The Bertz CT molecular complexity index is 1160. The summed E-state index contributed by atoms with van der Waals surface area (Å²) in [5, 5.41) is 11.7. The van der Waals surface area contributed by atoms with Gasteiger partial charge < -0.3 is 9.15 Å². The number of nitro groups is 1. The first-order valence-electron chi connectivity index (χ1n) is 8.48. The lowest BCUT2D eigenvalue weighted by atomic mass is 10.0. The molecule has 0 radical (unpaired) electrons. The van der Waals surface area contributed by atoms with Gasteiger partial charge in [0.05, 0.1) is 10.5 Å². The van der Waals surface area contributed by atoms with Crippen LogP contribution >= 0.6 is 0 Å². The average molecular weight is 379 g/mol. The first-order valence-corrected chi connectivity index (χ1v) is 8.48. The number of para-hydroxylation sites is 1. The highest BCUT2D eigenvalue weighted by Crippen LogP contribution is 2.24. The van der Waals surface area contributed by atoms with Gasteiger partial charge in [-0.05, 0) is 37.1 Å². The molecule has 0 amide bonds. The molecular weight excluding hydrogens is 362 g/mol. The van der Waals surface area contributed by atoms with Gasteiger partial charge in [0, 0.05) is 29.2 Å². The number of carbonyl (C=O) groups excluding carboxylic acids is 1. The zero-order chi connectivity index (χ0) is 20.3. The second kappa shape index (κ2) is 7.87. The SMILES string of the molecule is Cc1ccc2c(COC(=O)C=Cc3ccccc3[N+](=O)[O-])cc(=O)oc2c1C. The number of nitrogens with zero attached hydrogens (tertiary/aromatic N) is 1. The summed E-state index contributed by atoms with van der Waals surface area (Å²) in [6, 6.07) is 11.1. The van der Waals surface area contributed by atoms with E-state index in [0.29, 0.717) is 22.1 Å². The lowest BCUT2D eigenvalue weighted by Gasteiger charge is -2.09. The molecule has 1 aromatic heterocycles. The third-order valence-corrected chi connectivity index (χ3v) is 4.42. The van der Waals surface area contributed by atoms with Gasteiger partial charge in [-0.15, -0.1) is 0 Å². The Morgan fingerprint density at radius 1 is 1.21 bits per heavy atom. The van der Waals surface area contributed by atoms with Crippen LogP contribution in [0.4, 0.5) is 5.69 Å². The summed E-state index contributed by atoms with van der Waals surface area (Å²) in [4.78, 5) is 34.4. The van der Waals surface area contributed by atoms with Gasteiger partial charge >= 0.3 is 11.6 Å². The maximum atomic E-state index is 12.0. The van der Waals surface area contributed by atoms with Crippen molar-refractivity contribution < 1.29 is 18.9 Å². The van der Waals surface area contributed by atoms with Crippen LogP contribution in [0.15, 0.2) is 57.8 Å². The van der Waals surface area contributed by atoms with Gasteiger partial charge in [0.25, 0.3) is 5.69 Å². The summed E-state index contributed by atoms with van der Waals surface area (Å²) in [6.07, 6.45) is 2.44. The predicted molar refractivity (Wildman–Crippen MR) is 104 cm³/mol. The Balaban J connectivity index is 1.80. The van der Waals surface area contributed by atoms with Crippen LogP contribution in [0.2, 0.25) is 0 Å². The Morgan fingerprint density at radius 2 is 1.96 bits per heavy atom. The Morgan fingerprint density at radius 3 is 2.71 bits per heavy atom. The van der Waals surface area contributed by atoms with E-state index in [1.165, 1.54) is 24.3 Å². The molecule has 7 heteroatoms. The Kier molecular flexibility index (Phi) is 5.35. The number of hydrogen-bond donors (Lipinski definition) is 0. The van der Waals surface area contributed by atoms with Crippen molar-refractivity contribution in [1.29, 1.82) is 0 Å². The van der Waals surface area contributed by atoms with Crippen LogP contribution in [-0.4, -0.2) is 10.9 Å². The monoisotopic (exact) mass is 379 g/mol. The molecule has 1 heterocycles. The zero-order valence-electron chi connectivity index (χ0n) is 15.3. The van der Waals surface area contributed by atoms with E-state index in [2.05, 4.69) is 0 Å². The molecule has 0 saturated carbocycles. The summed E-state index contributed by atoms with van der Waals surface area (Å²) in [7, 11) is 0. The lowest BCUT2D eigenvalue weighted by Crippen LogP contribution is -2.06. The molecule has 28 heavy (non-hydrogen) atoms. The number of hydrogen-bond acceptors (Lipinski definition) is 6. The number of aryl methyl sites for hydroxylation is 2. The third kappa shape index (κ3) is 3.98. The third-order valence-electron chi connectivity index (χ3n) is 4.42. The van der Waals surface area contributed by atoms with Crippen molar-refractivity contribution in [1.82, 2.24) is 0 Å². The van der Waals surface area contributed by atoms with E-state index >= 15 is 0 Å². The van der Waals surface area contributed by atoms with Crippen molar-refractivity contribution in [2.75, 3.05) is 0 Å². The van der Waals surface area contributed by atoms with Crippen molar-refractivity contribution in [2.45, 2.75) is 20.5 Å². The maximum absolute atomic E-state index is 12.0. The second-order valence-corrected chi connectivity index (χ2v) is 6.23. The molecule has 0 aliphatic carbocycles. The van der Waals surface area contributed by atoms with Crippen molar-refractivity contribution in [3.63, 3.8) is 0 Å². The van der Waals surface area contributed by atoms with Gasteiger partial charge in [0.2, 0.25) is 0 Å². The van der Waals surface area contributed by atoms with Crippen LogP contribution < -0.4 is 5.63 Å². The van der Waals surface area contributed by atoms with Gasteiger partial charge in [-0.1, -0.05) is 24.3 Å². The minimum atomic E-state index is -0.677. The molecule has 3 aromatic rings. The molecule has 0 unspecified atom stereocenters. The molecule has 3 rings (SSSR count). The number of esters is 1. The normalized spacial score (nSPS) is 11.1. The molecule has 2 aromatic carbocycles. The molecule has 0 N–H and O–H groups in total. The number of rotatable bonds is 5. The van der Waals surface area contributed by atoms with Crippen LogP contribution in [0.25, 0.3) is 17.0 Å². The first kappa shape index (κ1) is 19.0. The van der Waals surface area contributed by atoms with Crippen molar-refractivity contribution in [2.24, 2.45) is 0 Å². The number of fused-ring (bicyclic) bond motifs is 1. The lowest BCUT2D eigenvalue weighted by molar-refractivity contribution is -0.385. The van der Waals surface area contributed by atoms with Crippen LogP contribution in [-0.2, 0) is 16.1 Å². The Labute approximate surface area is 160 Å². The van der Waals surface area contributed by atoms with Gasteiger partial charge in [-0.2, -0.15) is 0 Å².